The summed E-state index contributed by atoms with van der Waals surface area (Å²) in [7, 11) is 3.83. The van der Waals surface area contributed by atoms with Gasteiger partial charge in [-0.2, -0.15) is 0 Å². The molecule has 2 nitrogen and oxygen atoms in total. The lowest BCUT2D eigenvalue weighted by atomic mass is 9.72. The molecule has 0 amide bonds. The summed E-state index contributed by atoms with van der Waals surface area (Å²) in [5.74, 6) is 2.58. The molecule has 1 fully saturated rings. The van der Waals surface area contributed by atoms with Crippen LogP contribution in [0.4, 0.5) is 0 Å². The van der Waals surface area contributed by atoms with E-state index in [1.807, 2.05) is 6.07 Å². The van der Waals surface area contributed by atoms with Gasteiger partial charge in [-0.3, -0.25) is 0 Å². The predicted molar refractivity (Wildman–Crippen MR) is 80.5 cm³/mol. The molecule has 0 bridgehead atoms. The Balaban J connectivity index is 2.21. The Kier molecular flexibility index (Phi) is 5.26. The lowest BCUT2D eigenvalue weighted by molar-refractivity contribution is 0.180. The topological polar surface area (TPSA) is 21.3 Å². The average molecular weight is 261 g/mol. The van der Waals surface area contributed by atoms with Crippen molar-refractivity contribution in [2.24, 2.45) is 11.8 Å². The van der Waals surface area contributed by atoms with Gasteiger partial charge in [0, 0.05) is 6.04 Å². The highest BCUT2D eigenvalue weighted by Gasteiger charge is 2.30. The van der Waals surface area contributed by atoms with Crippen LogP contribution in [0.1, 0.15) is 50.6 Å². The zero-order valence-electron chi connectivity index (χ0n) is 12.5. The Morgan fingerprint density at radius 3 is 2.79 bits per heavy atom. The minimum Gasteiger partial charge on any atom is -0.497 e. The van der Waals surface area contributed by atoms with Gasteiger partial charge >= 0.3 is 0 Å². The third-order valence-corrected chi connectivity index (χ3v) is 4.68. The van der Waals surface area contributed by atoms with E-state index < -0.39 is 0 Å². The van der Waals surface area contributed by atoms with Crippen molar-refractivity contribution >= 4 is 0 Å². The fourth-order valence-corrected chi connectivity index (χ4v) is 3.64. The number of methoxy groups -OCH3 is 1. The van der Waals surface area contributed by atoms with Gasteiger partial charge in [-0.15, -0.1) is 0 Å². The molecule has 1 aliphatic rings. The van der Waals surface area contributed by atoms with Gasteiger partial charge in [0.1, 0.15) is 5.75 Å². The molecule has 3 atom stereocenters. The van der Waals surface area contributed by atoms with Gasteiger partial charge < -0.3 is 10.1 Å². The smallest absolute Gasteiger partial charge is 0.119 e. The predicted octanol–water partition coefficient (Wildman–Crippen LogP) is 4.17. The molecule has 1 saturated carbocycles. The molecule has 0 spiro atoms. The van der Waals surface area contributed by atoms with Crippen LogP contribution < -0.4 is 10.1 Å². The van der Waals surface area contributed by atoms with Gasteiger partial charge in [0.25, 0.3) is 0 Å². The second kappa shape index (κ2) is 6.95. The van der Waals surface area contributed by atoms with Crippen molar-refractivity contribution in [3.8, 4) is 5.75 Å². The highest BCUT2D eigenvalue weighted by molar-refractivity contribution is 5.31. The van der Waals surface area contributed by atoms with Crippen LogP contribution in [0.15, 0.2) is 24.3 Å². The summed E-state index contributed by atoms with van der Waals surface area (Å²) in [5.41, 5.74) is 1.37. The van der Waals surface area contributed by atoms with E-state index in [1.54, 1.807) is 7.11 Å². The maximum Gasteiger partial charge on any atom is 0.119 e. The van der Waals surface area contributed by atoms with Gasteiger partial charge in [-0.25, -0.2) is 0 Å². The minimum absolute atomic E-state index is 0.459. The summed E-state index contributed by atoms with van der Waals surface area (Å²) in [6.45, 7) is 2.33. The monoisotopic (exact) mass is 261 g/mol. The van der Waals surface area contributed by atoms with Crippen LogP contribution >= 0.6 is 0 Å². The van der Waals surface area contributed by atoms with Gasteiger partial charge in [0.05, 0.1) is 7.11 Å². The van der Waals surface area contributed by atoms with E-state index in [1.165, 1.54) is 37.7 Å². The van der Waals surface area contributed by atoms with Crippen LogP contribution in [0.2, 0.25) is 0 Å². The molecule has 1 aliphatic carbocycles. The van der Waals surface area contributed by atoms with Gasteiger partial charge in [-0.1, -0.05) is 44.7 Å². The molecule has 19 heavy (non-hydrogen) atoms. The Bertz CT molecular complexity index is 391. The third kappa shape index (κ3) is 3.30. The van der Waals surface area contributed by atoms with Crippen molar-refractivity contribution < 1.29 is 4.74 Å². The second-order valence-corrected chi connectivity index (χ2v) is 5.66. The second-order valence-electron chi connectivity index (χ2n) is 5.66. The van der Waals surface area contributed by atoms with Crippen molar-refractivity contribution in [1.29, 1.82) is 0 Å². The first kappa shape index (κ1) is 14.4. The number of rotatable bonds is 5. The van der Waals surface area contributed by atoms with E-state index in [2.05, 4.69) is 37.5 Å². The van der Waals surface area contributed by atoms with Crippen molar-refractivity contribution in [3.63, 3.8) is 0 Å². The molecule has 1 aromatic rings. The Morgan fingerprint density at radius 1 is 1.32 bits per heavy atom. The molecule has 0 radical (unpaired) electrons. The SMILES string of the molecule is CCC1CCCCC1C(NC)c1cccc(OC)c1. The zero-order chi connectivity index (χ0) is 13.7. The van der Waals surface area contributed by atoms with E-state index in [0.29, 0.717) is 6.04 Å². The normalized spacial score (nSPS) is 25.0. The number of hydrogen-bond donors (Lipinski definition) is 1. The zero-order valence-corrected chi connectivity index (χ0v) is 12.5. The molecule has 1 aromatic carbocycles. The van der Waals surface area contributed by atoms with E-state index in [9.17, 15) is 0 Å². The lowest BCUT2D eigenvalue weighted by Gasteiger charge is -2.37. The number of nitrogens with one attached hydrogen (secondary N) is 1. The van der Waals surface area contributed by atoms with Crippen LogP contribution in [-0.2, 0) is 0 Å². The molecular formula is C17H27NO. The summed E-state index contributed by atoms with van der Waals surface area (Å²) < 4.78 is 5.36. The van der Waals surface area contributed by atoms with Crippen molar-refractivity contribution in [1.82, 2.24) is 5.32 Å². The first-order valence-electron chi connectivity index (χ1n) is 7.61. The highest BCUT2D eigenvalue weighted by atomic mass is 16.5. The summed E-state index contributed by atoms with van der Waals surface area (Å²) in [6, 6.07) is 8.99. The van der Waals surface area contributed by atoms with Gasteiger partial charge in [-0.05, 0) is 43.0 Å². The Hall–Kier alpha value is -1.02. The quantitative estimate of drug-likeness (QED) is 0.859. The number of benzene rings is 1. The first-order chi connectivity index (χ1) is 9.30. The maximum absolute atomic E-state index is 5.36. The number of hydrogen-bond acceptors (Lipinski definition) is 2. The third-order valence-electron chi connectivity index (χ3n) is 4.68. The number of ether oxygens (including phenoxy) is 1. The molecular weight excluding hydrogens is 234 g/mol. The summed E-state index contributed by atoms with van der Waals surface area (Å²) >= 11 is 0. The first-order valence-corrected chi connectivity index (χ1v) is 7.61. The van der Waals surface area contributed by atoms with Crippen molar-refractivity contribution in [2.75, 3.05) is 14.2 Å². The Labute approximate surface area is 117 Å². The van der Waals surface area contributed by atoms with Crippen LogP contribution in [0.5, 0.6) is 5.75 Å². The van der Waals surface area contributed by atoms with Crippen LogP contribution in [-0.4, -0.2) is 14.2 Å². The van der Waals surface area contributed by atoms with Crippen LogP contribution in [0.25, 0.3) is 0 Å². The molecule has 106 valence electrons. The van der Waals surface area contributed by atoms with E-state index in [4.69, 9.17) is 4.74 Å². The summed E-state index contributed by atoms with van der Waals surface area (Å²) in [5, 5.41) is 3.55. The van der Waals surface area contributed by atoms with E-state index >= 15 is 0 Å². The summed E-state index contributed by atoms with van der Waals surface area (Å²) in [6.07, 6.45) is 6.82. The molecule has 0 saturated heterocycles. The van der Waals surface area contributed by atoms with Crippen LogP contribution in [0, 0.1) is 11.8 Å². The van der Waals surface area contributed by atoms with Gasteiger partial charge in [0.15, 0.2) is 0 Å². The average Bonchev–Trinajstić information content (AvgIpc) is 2.49. The molecule has 0 heterocycles. The van der Waals surface area contributed by atoms with Crippen molar-refractivity contribution in [3.05, 3.63) is 29.8 Å². The fourth-order valence-electron chi connectivity index (χ4n) is 3.64. The minimum atomic E-state index is 0.459. The molecule has 0 aliphatic heterocycles. The molecule has 3 unspecified atom stereocenters. The summed E-state index contributed by atoms with van der Waals surface area (Å²) in [4.78, 5) is 0. The van der Waals surface area contributed by atoms with Crippen molar-refractivity contribution in [2.45, 2.75) is 45.1 Å². The highest BCUT2D eigenvalue weighted by Crippen LogP contribution is 2.40. The molecule has 2 rings (SSSR count). The van der Waals surface area contributed by atoms with Gasteiger partial charge in [0.2, 0.25) is 0 Å². The largest absolute Gasteiger partial charge is 0.497 e. The lowest BCUT2D eigenvalue weighted by Crippen LogP contribution is -2.32. The van der Waals surface area contributed by atoms with Crippen LogP contribution in [0.3, 0.4) is 0 Å². The molecule has 0 aromatic heterocycles. The fraction of sp³-hybridized carbons (Fsp3) is 0.647. The maximum atomic E-state index is 5.36. The molecule has 1 N–H and O–H groups in total. The Morgan fingerprint density at radius 2 is 2.11 bits per heavy atom. The standard InChI is InChI=1S/C17H27NO/c1-4-13-8-5-6-11-16(13)17(18-2)14-9-7-10-15(12-14)19-3/h7,9-10,12-13,16-18H,4-6,8,11H2,1-3H3. The van der Waals surface area contributed by atoms with E-state index in [-0.39, 0.29) is 0 Å². The van der Waals surface area contributed by atoms with E-state index in [0.717, 1.165) is 17.6 Å². The molecule has 2 heteroatoms.